The number of hydrogen-bond acceptors (Lipinski definition) is 3. The summed E-state index contributed by atoms with van der Waals surface area (Å²) in [5.74, 6) is 0.332. The van der Waals surface area contributed by atoms with E-state index in [1.54, 1.807) is 0 Å². The molecule has 1 aliphatic carbocycles. The Morgan fingerprint density at radius 3 is 2.74 bits per heavy atom. The van der Waals surface area contributed by atoms with Gasteiger partial charge in [-0.05, 0) is 48.4 Å². The largest absolute Gasteiger partial charge is 0.458 e. The van der Waals surface area contributed by atoms with Crippen LogP contribution < -0.4 is 0 Å². The predicted octanol–water partition coefficient (Wildman–Crippen LogP) is 4.12. The second-order valence-corrected chi connectivity index (χ2v) is 6.89. The fourth-order valence-corrected chi connectivity index (χ4v) is 3.83. The van der Waals surface area contributed by atoms with Crippen molar-refractivity contribution >= 4 is 12.0 Å². The number of aliphatic hydroxyl groups excluding tert-OH is 1. The van der Waals surface area contributed by atoms with E-state index in [9.17, 15) is 9.90 Å². The highest BCUT2D eigenvalue weighted by atomic mass is 16.5. The first kappa shape index (κ1) is 16.3. The van der Waals surface area contributed by atoms with E-state index in [2.05, 4.69) is 31.2 Å². The van der Waals surface area contributed by atoms with Crippen LogP contribution in [0.15, 0.2) is 24.3 Å². The van der Waals surface area contributed by atoms with E-state index in [1.165, 1.54) is 48.8 Å². The maximum atomic E-state index is 11.5. The van der Waals surface area contributed by atoms with Crippen LogP contribution in [0.4, 0.5) is 0 Å². The average molecular weight is 314 g/mol. The lowest BCUT2D eigenvalue weighted by Gasteiger charge is -2.25. The molecule has 1 heterocycles. The van der Waals surface area contributed by atoms with Crippen LogP contribution in [-0.4, -0.2) is 23.3 Å². The first-order valence-corrected chi connectivity index (χ1v) is 8.78. The van der Waals surface area contributed by atoms with Crippen molar-refractivity contribution in [3.05, 3.63) is 41.0 Å². The SMILES string of the molecule is Cc1cccc(C2CCCCC2)c1C=CC1CC(O)CC(=O)O1. The number of rotatable bonds is 3. The van der Waals surface area contributed by atoms with Crippen LogP contribution in [0, 0.1) is 6.92 Å². The van der Waals surface area contributed by atoms with Gasteiger partial charge in [-0.15, -0.1) is 0 Å². The number of carbonyl (C=O) groups excluding carboxylic acids is 1. The minimum Gasteiger partial charge on any atom is -0.458 e. The molecule has 0 radical (unpaired) electrons. The van der Waals surface area contributed by atoms with Crippen LogP contribution in [-0.2, 0) is 9.53 Å². The van der Waals surface area contributed by atoms with Gasteiger partial charge in [0.05, 0.1) is 12.5 Å². The molecule has 0 bridgehead atoms. The molecule has 2 fully saturated rings. The number of aryl methyl sites for hydroxylation is 1. The van der Waals surface area contributed by atoms with E-state index >= 15 is 0 Å². The molecule has 1 saturated carbocycles. The second kappa shape index (κ2) is 7.31. The molecule has 1 N–H and O–H groups in total. The van der Waals surface area contributed by atoms with Crippen LogP contribution in [0.3, 0.4) is 0 Å². The van der Waals surface area contributed by atoms with Crippen molar-refractivity contribution in [1.82, 2.24) is 0 Å². The molecule has 1 aliphatic heterocycles. The normalized spacial score (nSPS) is 26.4. The van der Waals surface area contributed by atoms with Crippen LogP contribution in [0.1, 0.15) is 67.6 Å². The number of ether oxygens (including phenoxy) is 1. The molecule has 0 aromatic heterocycles. The van der Waals surface area contributed by atoms with E-state index in [0.717, 1.165) is 0 Å². The molecule has 0 amide bonds. The van der Waals surface area contributed by atoms with Crippen molar-refractivity contribution in [2.75, 3.05) is 0 Å². The molecule has 3 nitrogen and oxygen atoms in total. The summed E-state index contributed by atoms with van der Waals surface area (Å²) < 4.78 is 5.32. The molecule has 1 aromatic rings. The lowest BCUT2D eigenvalue weighted by atomic mass is 9.81. The highest BCUT2D eigenvalue weighted by Gasteiger charge is 2.25. The number of cyclic esters (lactones) is 1. The van der Waals surface area contributed by atoms with Gasteiger partial charge in [0.2, 0.25) is 0 Å². The number of aliphatic hydroxyl groups is 1. The minimum atomic E-state index is -0.583. The molecule has 2 aliphatic rings. The number of benzene rings is 1. The third kappa shape index (κ3) is 4.03. The number of esters is 1. The molecular formula is C20H26O3. The van der Waals surface area contributed by atoms with Gasteiger partial charge in [0, 0.05) is 6.42 Å². The summed E-state index contributed by atoms with van der Waals surface area (Å²) in [5.41, 5.74) is 3.94. The summed E-state index contributed by atoms with van der Waals surface area (Å²) >= 11 is 0. The van der Waals surface area contributed by atoms with Crippen LogP contribution in [0.5, 0.6) is 0 Å². The summed E-state index contributed by atoms with van der Waals surface area (Å²) in [7, 11) is 0. The Morgan fingerprint density at radius 1 is 1.22 bits per heavy atom. The Morgan fingerprint density at radius 2 is 2.00 bits per heavy atom. The zero-order valence-electron chi connectivity index (χ0n) is 13.8. The quantitative estimate of drug-likeness (QED) is 0.854. The minimum absolute atomic E-state index is 0.113. The van der Waals surface area contributed by atoms with Gasteiger partial charge in [0.1, 0.15) is 6.10 Å². The summed E-state index contributed by atoms with van der Waals surface area (Å²) in [6.45, 7) is 2.13. The molecule has 1 aromatic carbocycles. The highest BCUT2D eigenvalue weighted by molar-refractivity contribution is 5.71. The Hall–Kier alpha value is -1.61. The van der Waals surface area contributed by atoms with Crippen LogP contribution in [0.25, 0.3) is 6.08 Å². The van der Waals surface area contributed by atoms with Crippen LogP contribution >= 0.6 is 0 Å². The standard InChI is InChI=1S/C20H26O3/c1-14-6-5-9-19(15-7-3-2-4-8-15)18(14)11-10-17-12-16(21)13-20(22)23-17/h5-6,9-11,15-17,21H,2-4,7-8,12-13H2,1H3. The monoisotopic (exact) mass is 314 g/mol. The topological polar surface area (TPSA) is 46.5 Å². The lowest BCUT2D eigenvalue weighted by Crippen LogP contribution is -2.31. The van der Waals surface area contributed by atoms with Gasteiger partial charge in [-0.2, -0.15) is 0 Å². The summed E-state index contributed by atoms with van der Waals surface area (Å²) in [5, 5.41) is 9.73. The smallest absolute Gasteiger partial charge is 0.309 e. The van der Waals surface area contributed by atoms with Crippen molar-refractivity contribution < 1.29 is 14.6 Å². The molecule has 3 heteroatoms. The van der Waals surface area contributed by atoms with Crippen molar-refractivity contribution in [2.24, 2.45) is 0 Å². The van der Waals surface area contributed by atoms with Crippen molar-refractivity contribution in [1.29, 1.82) is 0 Å². The maximum Gasteiger partial charge on any atom is 0.309 e. The Labute approximate surface area is 138 Å². The predicted molar refractivity (Wildman–Crippen MR) is 91.2 cm³/mol. The highest BCUT2D eigenvalue weighted by Crippen LogP contribution is 2.36. The fraction of sp³-hybridized carbons (Fsp3) is 0.550. The van der Waals surface area contributed by atoms with E-state index in [-0.39, 0.29) is 18.5 Å². The van der Waals surface area contributed by atoms with Gasteiger partial charge in [-0.3, -0.25) is 4.79 Å². The zero-order chi connectivity index (χ0) is 16.2. The summed E-state index contributed by atoms with van der Waals surface area (Å²) in [4.78, 5) is 11.5. The Kier molecular flexibility index (Phi) is 5.16. The first-order valence-electron chi connectivity index (χ1n) is 8.78. The van der Waals surface area contributed by atoms with E-state index in [1.807, 2.05) is 6.08 Å². The third-order valence-corrected chi connectivity index (χ3v) is 5.07. The van der Waals surface area contributed by atoms with Crippen molar-refractivity contribution in [3.8, 4) is 0 Å². The molecule has 124 valence electrons. The van der Waals surface area contributed by atoms with Gasteiger partial charge < -0.3 is 9.84 Å². The Bertz CT molecular complexity index is 585. The van der Waals surface area contributed by atoms with Gasteiger partial charge in [-0.25, -0.2) is 0 Å². The molecule has 1 saturated heterocycles. The lowest BCUT2D eigenvalue weighted by molar-refractivity contribution is -0.156. The van der Waals surface area contributed by atoms with E-state index in [4.69, 9.17) is 4.74 Å². The average Bonchev–Trinajstić information content (AvgIpc) is 2.53. The number of hydrogen-bond donors (Lipinski definition) is 1. The fourth-order valence-electron chi connectivity index (χ4n) is 3.83. The third-order valence-electron chi connectivity index (χ3n) is 5.07. The summed E-state index contributed by atoms with van der Waals surface area (Å²) in [6.07, 6.45) is 10.2. The van der Waals surface area contributed by atoms with Gasteiger partial charge >= 0.3 is 5.97 Å². The van der Waals surface area contributed by atoms with Crippen molar-refractivity contribution in [2.45, 2.75) is 70.0 Å². The first-order chi connectivity index (χ1) is 11.1. The summed E-state index contributed by atoms with van der Waals surface area (Å²) in [6, 6.07) is 6.51. The molecular weight excluding hydrogens is 288 g/mol. The zero-order valence-corrected chi connectivity index (χ0v) is 13.8. The second-order valence-electron chi connectivity index (χ2n) is 6.89. The molecule has 0 spiro atoms. The van der Waals surface area contributed by atoms with E-state index < -0.39 is 6.10 Å². The molecule has 2 atom stereocenters. The van der Waals surface area contributed by atoms with Crippen LogP contribution in [0.2, 0.25) is 0 Å². The number of carbonyl (C=O) groups is 1. The Balaban J connectivity index is 1.81. The van der Waals surface area contributed by atoms with E-state index in [0.29, 0.717) is 12.3 Å². The molecule has 2 unspecified atom stereocenters. The van der Waals surface area contributed by atoms with Gasteiger partial charge in [-0.1, -0.05) is 43.5 Å². The van der Waals surface area contributed by atoms with Gasteiger partial charge in [0.15, 0.2) is 0 Å². The van der Waals surface area contributed by atoms with Crippen molar-refractivity contribution in [3.63, 3.8) is 0 Å². The van der Waals surface area contributed by atoms with Gasteiger partial charge in [0.25, 0.3) is 0 Å². The molecule has 23 heavy (non-hydrogen) atoms. The molecule has 3 rings (SSSR count). The maximum absolute atomic E-state index is 11.5.